The van der Waals surface area contributed by atoms with Crippen LogP contribution in [0.25, 0.3) is 0 Å². The summed E-state index contributed by atoms with van der Waals surface area (Å²) in [5.41, 5.74) is 5.60. The van der Waals surface area contributed by atoms with Gasteiger partial charge in [0.1, 0.15) is 22.3 Å². The maximum absolute atomic E-state index is 12.7. The Labute approximate surface area is 119 Å². The molecule has 0 fully saturated rings. The zero-order chi connectivity index (χ0) is 14.8. The number of halogens is 1. The first kappa shape index (κ1) is 14.6. The molecule has 0 radical (unpaired) electrons. The second-order valence-corrected chi connectivity index (χ2v) is 7.16. The van der Waals surface area contributed by atoms with Gasteiger partial charge in [-0.3, -0.25) is 4.79 Å². The number of aromatic nitrogens is 1. The number of sulfone groups is 1. The lowest BCUT2D eigenvalue weighted by atomic mass is 10.2. The summed E-state index contributed by atoms with van der Waals surface area (Å²) < 4.78 is 36.7. The predicted octanol–water partition coefficient (Wildman–Crippen LogP) is 1.50. The van der Waals surface area contributed by atoms with Crippen molar-refractivity contribution in [2.45, 2.75) is 11.5 Å². The summed E-state index contributed by atoms with van der Waals surface area (Å²) in [4.78, 5) is 14.7. The SMILES string of the molecule is NC(=O)c1csc(CS(=O)(=O)Cc2ccc(F)cc2)n1. The highest BCUT2D eigenvalue weighted by Crippen LogP contribution is 2.16. The molecule has 0 atom stereocenters. The first-order valence-corrected chi connectivity index (χ1v) is 8.25. The number of thiazole rings is 1. The molecule has 0 aliphatic rings. The van der Waals surface area contributed by atoms with Crippen LogP contribution in [0, 0.1) is 5.82 Å². The summed E-state index contributed by atoms with van der Waals surface area (Å²) in [6.45, 7) is 0. The highest BCUT2D eigenvalue weighted by molar-refractivity contribution is 7.89. The van der Waals surface area contributed by atoms with Crippen molar-refractivity contribution in [3.63, 3.8) is 0 Å². The molecule has 0 saturated carbocycles. The second kappa shape index (κ2) is 5.68. The fourth-order valence-corrected chi connectivity index (χ4v) is 4.19. The number of hydrogen-bond acceptors (Lipinski definition) is 5. The Kier molecular flexibility index (Phi) is 4.15. The van der Waals surface area contributed by atoms with Crippen LogP contribution in [0.5, 0.6) is 0 Å². The number of benzene rings is 1. The van der Waals surface area contributed by atoms with E-state index >= 15 is 0 Å². The molecule has 1 aromatic heterocycles. The van der Waals surface area contributed by atoms with Crippen LogP contribution in [0.3, 0.4) is 0 Å². The summed E-state index contributed by atoms with van der Waals surface area (Å²) >= 11 is 1.07. The van der Waals surface area contributed by atoms with Gasteiger partial charge in [-0.25, -0.2) is 17.8 Å². The summed E-state index contributed by atoms with van der Waals surface area (Å²) in [6, 6.07) is 5.26. The van der Waals surface area contributed by atoms with Gasteiger partial charge in [0.25, 0.3) is 5.91 Å². The summed E-state index contributed by atoms with van der Waals surface area (Å²) in [5, 5.41) is 1.73. The van der Waals surface area contributed by atoms with E-state index in [2.05, 4.69) is 4.98 Å². The molecule has 1 heterocycles. The van der Waals surface area contributed by atoms with Crippen LogP contribution in [0.15, 0.2) is 29.6 Å². The number of carbonyl (C=O) groups is 1. The Balaban J connectivity index is 2.10. The van der Waals surface area contributed by atoms with Gasteiger partial charge in [0.05, 0.1) is 5.75 Å². The average molecular weight is 314 g/mol. The molecule has 0 unspecified atom stereocenters. The van der Waals surface area contributed by atoms with Gasteiger partial charge < -0.3 is 5.73 Å². The number of carbonyl (C=O) groups excluding carboxylic acids is 1. The number of nitrogens with two attached hydrogens (primary N) is 1. The molecule has 5 nitrogen and oxygen atoms in total. The molecule has 2 rings (SSSR count). The monoisotopic (exact) mass is 314 g/mol. The fraction of sp³-hybridized carbons (Fsp3) is 0.167. The van der Waals surface area contributed by atoms with E-state index in [-0.39, 0.29) is 17.2 Å². The lowest BCUT2D eigenvalue weighted by Gasteiger charge is -2.02. The second-order valence-electron chi connectivity index (χ2n) is 4.15. The van der Waals surface area contributed by atoms with Crippen LogP contribution in [-0.2, 0) is 21.3 Å². The number of primary amides is 1. The van der Waals surface area contributed by atoms with Crippen molar-refractivity contribution < 1.29 is 17.6 Å². The van der Waals surface area contributed by atoms with Gasteiger partial charge in [0, 0.05) is 5.38 Å². The van der Waals surface area contributed by atoms with Crippen molar-refractivity contribution in [2.75, 3.05) is 0 Å². The van der Waals surface area contributed by atoms with E-state index in [1.165, 1.54) is 29.6 Å². The maximum atomic E-state index is 12.7. The largest absolute Gasteiger partial charge is 0.364 e. The minimum absolute atomic E-state index is 0.0574. The molecule has 1 aromatic carbocycles. The van der Waals surface area contributed by atoms with Crippen molar-refractivity contribution in [1.82, 2.24) is 4.98 Å². The number of nitrogens with zero attached hydrogens (tertiary/aromatic N) is 1. The summed E-state index contributed by atoms with van der Waals surface area (Å²) in [5.74, 6) is -1.60. The van der Waals surface area contributed by atoms with Crippen molar-refractivity contribution >= 4 is 27.1 Å². The van der Waals surface area contributed by atoms with Gasteiger partial charge in [0.2, 0.25) is 0 Å². The molecule has 106 valence electrons. The molecule has 0 bridgehead atoms. The van der Waals surface area contributed by atoms with Crippen LogP contribution >= 0.6 is 11.3 Å². The molecular weight excluding hydrogens is 303 g/mol. The molecule has 2 aromatic rings. The van der Waals surface area contributed by atoms with Gasteiger partial charge in [-0.2, -0.15) is 0 Å². The summed E-state index contributed by atoms with van der Waals surface area (Å²) in [6.07, 6.45) is 0. The van der Waals surface area contributed by atoms with Crippen molar-refractivity contribution in [3.8, 4) is 0 Å². The smallest absolute Gasteiger partial charge is 0.268 e. The molecule has 2 N–H and O–H groups in total. The molecule has 20 heavy (non-hydrogen) atoms. The van der Waals surface area contributed by atoms with Gasteiger partial charge in [-0.05, 0) is 17.7 Å². The van der Waals surface area contributed by atoms with E-state index in [0.29, 0.717) is 10.6 Å². The molecule has 8 heteroatoms. The molecule has 0 spiro atoms. The van der Waals surface area contributed by atoms with Gasteiger partial charge >= 0.3 is 0 Å². The normalized spacial score (nSPS) is 11.4. The van der Waals surface area contributed by atoms with Crippen LogP contribution in [0.4, 0.5) is 4.39 Å². The lowest BCUT2D eigenvalue weighted by Crippen LogP contribution is -2.12. The van der Waals surface area contributed by atoms with E-state index in [9.17, 15) is 17.6 Å². The summed E-state index contributed by atoms with van der Waals surface area (Å²) in [7, 11) is -3.44. The van der Waals surface area contributed by atoms with Gasteiger partial charge in [-0.1, -0.05) is 12.1 Å². The Bertz CT molecular complexity index is 723. The van der Waals surface area contributed by atoms with E-state index < -0.39 is 21.6 Å². The molecule has 0 aliphatic carbocycles. The minimum Gasteiger partial charge on any atom is -0.364 e. The van der Waals surface area contributed by atoms with Gasteiger partial charge in [0.15, 0.2) is 9.84 Å². The third-order valence-corrected chi connectivity index (χ3v) is 4.97. The molecule has 0 aliphatic heterocycles. The van der Waals surface area contributed by atoms with Gasteiger partial charge in [-0.15, -0.1) is 11.3 Å². The molecular formula is C12H11FN2O3S2. The lowest BCUT2D eigenvalue weighted by molar-refractivity contribution is 0.0996. The van der Waals surface area contributed by atoms with E-state index in [1.54, 1.807) is 0 Å². The highest BCUT2D eigenvalue weighted by atomic mass is 32.2. The zero-order valence-corrected chi connectivity index (χ0v) is 11.9. The maximum Gasteiger partial charge on any atom is 0.268 e. The first-order chi connectivity index (χ1) is 9.35. The molecule has 1 amide bonds. The Morgan fingerprint density at radius 3 is 2.45 bits per heavy atom. The van der Waals surface area contributed by atoms with Crippen molar-refractivity contribution in [3.05, 3.63) is 51.7 Å². The van der Waals surface area contributed by atoms with E-state index in [4.69, 9.17) is 5.73 Å². The van der Waals surface area contributed by atoms with E-state index in [0.717, 1.165) is 11.3 Å². The average Bonchev–Trinajstić information content (AvgIpc) is 2.79. The van der Waals surface area contributed by atoms with Crippen LogP contribution in [-0.4, -0.2) is 19.3 Å². The number of hydrogen-bond donors (Lipinski definition) is 1. The van der Waals surface area contributed by atoms with Crippen LogP contribution in [0.2, 0.25) is 0 Å². The third-order valence-electron chi connectivity index (χ3n) is 2.45. The van der Waals surface area contributed by atoms with Crippen LogP contribution in [0.1, 0.15) is 21.1 Å². The molecule has 0 saturated heterocycles. The van der Waals surface area contributed by atoms with E-state index in [1.807, 2.05) is 0 Å². The topological polar surface area (TPSA) is 90.1 Å². The first-order valence-electron chi connectivity index (χ1n) is 5.55. The zero-order valence-electron chi connectivity index (χ0n) is 10.2. The number of rotatable bonds is 5. The quantitative estimate of drug-likeness (QED) is 0.905. The highest BCUT2D eigenvalue weighted by Gasteiger charge is 2.17. The Morgan fingerprint density at radius 2 is 1.90 bits per heavy atom. The predicted molar refractivity (Wildman–Crippen MR) is 73.4 cm³/mol. The Morgan fingerprint density at radius 1 is 1.25 bits per heavy atom. The minimum atomic E-state index is -3.44. The Hall–Kier alpha value is -1.80. The van der Waals surface area contributed by atoms with Crippen molar-refractivity contribution in [1.29, 1.82) is 0 Å². The van der Waals surface area contributed by atoms with Crippen molar-refractivity contribution in [2.24, 2.45) is 5.73 Å². The number of amides is 1. The standard InChI is InChI=1S/C12H11FN2O3S2/c13-9-3-1-8(2-4-9)6-20(17,18)7-11-15-10(5-19-11)12(14)16/h1-5H,6-7H2,(H2,14,16). The fourth-order valence-electron chi connectivity index (χ4n) is 1.56. The third kappa shape index (κ3) is 3.84. The van der Waals surface area contributed by atoms with Crippen LogP contribution < -0.4 is 5.73 Å².